The average molecular weight is 549 g/mol. The Bertz CT molecular complexity index is 1340. The Labute approximate surface area is 233 Å². The van der Waals surface area contributed by atoms with Gasteiger partial charge in [0.1, 0.15) is 11.6 Å². The Morgan fingerprint density at radius 3 is 2.30 bits per heavy atom. The van der Waals surface area contributed by atoms with Crippen LogP contribution in [0.4, 0.5) is 24.5 Å². The lowest BCUT2D eigenvalue weighted by atomic mass is 9.75. The smallest absolute Gasteiger partial charge is 0.423 e. The van der Waals surface area contributed by atoms with Gasteiger partial charge in [-0.1, -0.05) is 30.3 Å². The molecule has 3 aliphatic rings. The minimum absolute atomic E-state index is 0.0277. The molecule has 0 spiro atoms. The molecule has 2 fully saturated rings. The number of fused-ring (bicyclic) bond motifs is 1. The molecule has 3 aromatic carbocycles. The maximum atomic E-state index is 16.0. The fourth-order valence-electron chi connectivity index (χ4n) is 6.38. The second kappa shape index (κ2) is 11.1. The molecule has 5 nitrogen and oxygen atoms in total. The zero-order valence-electron chi connectivity index (χ0n) is 22.7. The number of halogens is 3. The van der Waals surface area contributed by atoms with Crippen LogP contribution in [0.1, 0.15) is 60.4 Å². The molecule has 6 rings (SSSR count). The molecule has 9 heteroatoms. The summed E-state index contributed by atoms with van der Waals surface area (Å²) in [7, 11) is -1.62. The van der Waals surface area contributed by atoms with Crippen LogP contribution in [0, 0.1) is 11.6 Å². The number of nitrogens with zero attached hydrogens (tertiary/aromatic N) is 2. The summed E-state index contributed by atoms with van der Waals surface area (Å²) in [6.45, 7) is 3.79. The Morgan fingerprint density at radius 1 is 0.975 bits per heavy atom. The van der Waals surface area contributed by atoms with E-state index in [0.717, 1.165) is 16.8 Å². The SMILES string of the molecule is C[C@@H]1Cc2cc(B(O)O)ccc2[C@H](c2c(F)cc(NC3CN(CCCF)C3)cc2F)N1c1ccc(C2CC2)cc1. The van der Waals surface area contributed by atoms with Crippen LogP contribution in [0.3, 0.4) is 0 Å². The van der Waals surface area contributed by atoms with E-state index in [1.54, 1.807) is 18.2 Å². The summed E-state index contributed by atoms with van der Waals surface area (Å²) in [6.07, 6.45) is 3.48. The molecule has 1 saturated carbocycles. The summed E-state index contributed by atoms with van der Waals surface area (Å²) in [4.78, 5) is 4.19. The lowest BCUT2D eigenvalue weighted by Crippen LogP contribution is -2.54. The van der Waals surface area contributed by atoms with Gasteiger partial charge in [-0.15, -0.1) is 0 Å². The van der Waals surface area contributed by atoms with Gasteiger partial charge in [-0.2, -0.15) is 0 Å². The predicted octanol–water partition coefficient (Wildman–Crippen LogP) is 4.52. The van der Waals surface area contributed by atoms with Gasteiger partial charge in [0.25, 0.3) is 0 Å². The third-order valence-electron chi connectivity index (χ3n) is 8.56. The quantitative estimate of drug-likeness (QED) is 0.343. The maximum absolute atomic E-state index is 16.0. The van der Waals surface area contributed by atoms with Crippen molar-refractivity contribution in [1.29, 1.82) is 0 Å². The van der Waals surface area contributed by atoms with Crippen molar-refractivity contribution in [3.05, 3.63) is 88.5 Å². The minimum atomic E-state index is -1.62. The molecule has 1 saturated heterocycles. The van der Waals surface area contributed by atoms with Gasteiger partial charge >= 0.3 is 7.12 Å². The Kier molecular flexibility index (Phi) is 7.55. The van der Waals surface area contributed by atoms with E-state index in [-0.39, 0.29) is 24.3 Å². The second-order valence-electron chi connectivity index (χ2n) is 11.6. The van der Waals surface area contributed by atoms with Gasteiger partial charge in [0.15, 0.2) is 0 Å². The van der Waals surface area contributed by atoms with Gasteiger partial charge in [0.05, 0.1) is 24.3 Å². The molecule has 2 aliphatic heterocycles. The highest BCUT2D eigenvalue weighted by Gasteiger charge is 2.38. The van der Waals surface area contributed by atoms with Crippen LogP contribution in [-0.2, 0) is 6.42 Å². The summed E-state index contributed by atoms with van der Waals surface area (Å²) < 4.78 is 44.4. The minimum Gasteiger partial charge on any atom is -0.423 e. The summed E-state index contributed by atoms with van der Waals surface area (Å²) in [6, 6.07) is 15.4. The Balaban J connectivity index is 1.35. The van der Waals surface area contributed by atoms with E-state index in [9.17, 15) is 14.4 Å². The Morgan fingerprint density at radius 2 is 1.68 bits per heavy atom. The first kappa shape index (κ1) is 27.2. The van der Waals surface area contributed by atoms with Gasteiger partial charge in [-0.3, -0.25) is 9.29 Å². The molecule has 3 aromatic rings. The number of benzene rings is 3. The topological polar surface area (TPSA) is 59.0 Å². The number of hydrogen-bond acceptors (Lipinski definition) is 5. The zero-order chi connectivity index (χ0) is 28.0. The largest absolute Gasteiger partial charge is 0.488 e. The molecule has 0 aromatic heterocycles. The molecular weight excluding hydrogens is 514 g/mol. The highest BCUT2D eigenvalue weighted by Crippen LogP contribution is 2.45. The molecule has 210 valence electrons. The van der Waals surface area contributed by atoms with Gasteiger partial charge in [-0.25, -0.2) is 8.78 Å². The first-order chi connectivity index (χ1) is 19.3. The predicted molar refractivity (Wildman–Crippen MR) is 153 cm³/mol. The first-order valence-electron chi connectivity index (χ1n) is 14.2. The number of nitrogens with one attached hydrogen (secondary N) is 1. The van der Waals surface area contributed by atoms with Crippen LogP contribution in [-0.4, -0.2) is 60.5 Å². The van der Waals surface area contributed by atoms with Crippen LogP contribution in [0.2, 0.25) is 0 Å². The zero-order valence-corrected chi connectivity index (χ0v) is 22.7. The average Bonchev–Trinajstić information content (AvgIpc) is 3.75. The number of rotatable bonds is 9. The van der Waals surface area contributed by atoms with Crippen molar-refractivity contribution in [1.82, 2.24) is 4.90 Å². The van der Waals surface area contributed by atoms with Crippen LogP contribution in [0.5, 0.6) is 0 Å². The van der Waals surface area contributed by atoms with Crippen LogP contribution in [0.15, 0.2) is 54.6 Å². The second-order valence-corrected chi connectivity index (χ2v) is 11.6. The fourth-order valence-corrected chi connectivity index (χ4v) is 6.38. The van der Waals surface area contributed by atoms with Gasteiger partial charge < -0.3 is 20.3 Å². The number of anilines is 2. The lowest BCUT2D eigenvalue weighted by molar-refractivity contribution is 0.155. The molecule has 1 aliphatic carbocycles. The van der Waals surface area contributed by atoms with Gasteiger partial charge in [0.2, 0.25) is 0 Å². The van der Waals surface area contributed by atoms with E-state index >= 15 is 8.78 Å². The van der Waals surface area contributed by atoms with E-state index in [1.165, 1.54) is 30.5 Å². The Hall–Kier alpha value is -3.01. The molecule has 0 bridgehead atoms. The van der Waals surface area contributed by atoms with Crippen LogP contribution >= 0.6 is 0 Å². The number of hydrogen-bond donors (Lipinski definition) is 3. The summed E-state index contributed by atoms with van der Waals surface area (Å²) in [5.74, 6) is -0.659. The highest BCUT2D eigenvalue weighted by atomic mass is 19.1. The van der Waals surface area contributed by atoms with Crippen molar-refractivity contribution in [3.63, 3.8) is 0 Å². The molecule has 0 unspecified atom stereocenters. The normalized spacial score (nSPS) is 21.2. The standard InChI is InChI=1S/C31H35BF3N3O2/c1-19-13-22-14-23(32(39)40)7-10-27(22)31(38(19)26-8-5-21(6-9-26)20-3-4-20)30-28(34)15-24(16-29(30)35)36-25-17-37(18-25)12-2-11-33/h5-10,14-16,19-20,25,31,36,39-40H,2-4,11-13,17-18H2,1H3/t19-,31-/m1/s1. The molecule has 2 atom stereocenters. The van der Waals surface area contributed by atoms with Crippen LogP contribution < -0.4 is 15.7 Å². The highest BCUT2D eigenvalue weighted by molar-refractivity contribution is 6.58. The van der Waals surface area contributed by atoms with E-state index in [2.05, 4.69) is 27.2 Å². The van der Waals surface area contributed by atoms with Crippen molar-refractivity contribution < 1.29 is 23.2 Å². The van der Waals surface area contributed by atoms with Crippen molar-refractivity contribution in [2.75, 3.05) is 36.5 Å². The maximum Gasteiger partial charge on any atom is 0.488 e. The molecule has 0 amide bonds. The number of likely N-dealkylation sites (tertiary alicyclic amines) is 1. The monoisotopic (exact) mass is 549 g/mol. The molecule has 3 N–H and O–H groups in total. The lowest BCUT2D eigenvalue weighted by Gasteiger charge is -2.44. The van der Waals surface area contributed by atoms with E-state index in [0.29, 0.717) is 49.5 Å². The van der Waals surface area contributed by atoms with E-state index in [4.69, 9.17) is 0 Å². The third kappa shape index (κ3) is 5.34. The molecule has 2 heterocycles. The van der Waals surface area contributed by atoms with Crippen molar-refractivity contribution in [2.45, 2.75) is 56.7 Å². The molecule has 0 radical (unpaired) electrons. The van der Waals surface area contributed by atoms with E-state index in [1.807, 2.05) is 19.1 Å². The van der Waals surface area contributed by atoms with Crippen molar-refractivity contribution in [2.24, 2.45) is 0 Å². The van der Waals surface area contributed by atoms with Crippen molar-refractivity contribution in [3.8, 4) is 0 Å². The van der Waals surface area contributed by atoms with E-state index < -0.39 is 24.8 Å². The van der Waals surface area contributed by atoms with Crippen molar-refractivity contribution >= 4 is 24.0 Å². The van der Waals surface area contributed by atoms with Gasteiger partial charge in [0, 0.05) is 37.1 Å². The van der Waals surface area contributed by atoms with Gasteiger partial charge in [-0.05, 0) is 84.9 Å². The summed E-state index contributed by atoms with van der Waals surface area (Å²) >= 11 is 0. The fraction of sp³-hybridized carbons (Fsp3) is 0.419. The molecule has 40 heavy (non-hydrogen) atoms. The summed E-state index contributed by atoms with van der Waals surface area (Å²) in [5, 5.41) is 22.7. The summed E-state index contributed by atoms with van der Waals surface area (Å²) in [5.41, 5.74) is 4.49. The molecular formula is C31H35BF3N3O2. The first-order valence-corrected chi connectivity index (χ1v) is 14.2. The number of alkyl halides is 1. The van der Waals surface area contributed by atoms with Crippen LogP contribution in [0.25, 0.3) is 0 Å². The third-order valence-corrected chi connectivity index (χ3v) is 8.56.